The maximum absolute atomic E-state index is 13.6. The molecule has 0 aliphatic carbocycles. The number of carbonyl (C=O) groups is 1. The van der Waals surface area contributed by atoms with Gasteiger partial charge in [-0.1, -0.05) is 39.0 Å². The van der Waals surface area contributed by atoms with E-state index in [-0.39, 0.29) is 47.6 Å². The molecule has 8 atom stereocenters. The molecule has 0 saturated carbocycles. The predicted octanol–water partition coefficient (Wildman–Crippen LogP) is 4.59. The third-order valence-corrected chi connectivity index (χ3v) is 10.9. The number of rotatable bonds is 11. The highest BCUT2D eigenvalue weighted by molar-refractivity contribution is 7.91. The van der Waals surface area contributed by atoms with Gasteiger partial charge in [-0.3, -0.25) is 0 Å². The Hall–Kier alpha value is -1.36. The molecule has 3 fully saturated rings. The van der Waals surface area contributed by atoms with E-state index in [4.69, 9.17) is 23.7 Å². The van der Waals surface area contributed by atoms with Gasteiger partial charge >= 0.3 is 0 Å². The van der Waals surface area contributed by atoms with Crippen LogP contribution in [0.4, 0.5) is 0 Å². The van der Waals surface area contributed by atoms with E-state index in [0.29, 0.717) is 43.1 Å². The molecule has 39 heavy (non-hydrogen) atoms. The van der Waals surface area contributed by atoms with Crippen molar-refractivity contribution in [3.05, 3.63) is 30.3 Å². The summed E-state index contributed by atoms with van der Waals surface area (Å²) < 4.78 is 58.2. The summed E-state index contributed by atoms with van der Waals surface area (Å²) in [5.41, 5.74) is -0.142. The molecule has 0 radical (unpaired) electrons. The molecule has 1 aromatic rings. The first-order chi connectivity index (χ1) is 18.4. The molecule has 4 rings (SSSR count). The predicted molar refractivity (Wildman–Crippen MR) is 147 cm³/mol. The topological polar surface area (TPSA) is 97.4 Å². The summed E-state index contributed by atoms with van der Waals surface area (Å²) in [5.74, 6) is -0.748. The summed E-state index contributed by atoms with van der Waals surface area (Å²) in [5, 5.41) is 0. The fourth-order valence-corrected chi connectivity index (χ4v) is 8.12. The molecule has 1 aromatic carbocycles. The zero-order chi connectivity index (χ0) is 28.4. The van der Waals surface area contributed by atoms with Crippen LogP contribution in [0.25, 0.3) is 0 Å². The van der Waals surface area contributed by atoms with Crippen molar-refractivity contribution in [1.82, 2.24) is 0 Å². The van der Waals surface area contributed by atoms with E-state index < -0.39 is 21.7 Å². The highest BCUT2D eigenvalue weighted by atomic mass is 32.2. The fourth-order valence-electron chi connectivity index (χ4n) is 6.44. The number of sulfone groups is 1. The number of methoxy groups -OCH3 is 1. The second-order valence-corrected chi connectivity index (χ2v) is 14.6. The van der Waals surface area contributed by atoms with E-state index in [0.717, 1.165) is 12.7 Å². The van der Waals surface area contributed by atoms with Crippen LogP contribution < -0.4 is 0 Å². The van der Waals surface area contributed by atoms with Crippen LogP contribution in [0.3, 0.4) is 0 Å². The summed E-state index contributed by atoms with van der Waals surface area (Å²) >= 11 is 0. The highest BCUT2D eigenvalue weighted by Gasteiger charge is 2.52. The molecular weight excluding hydrogens is 520 g/mol. The largest absolute Gasteiger partial charge is 0.378 e. The third-order valence-electron chi connectivity index (χ3n) is 9.09. The van der Waals surface area contributed by atoms with Gasteiger partial charge in [0.15, 0.2) is 15.6 Å². The monoisotopic (exact) mass is 566 g/mol. The van der Waals surface area contributed by atoms with Crippen LogP contribution in [-0.2, 0) is 38.3 Å². The molecule has 3 saturated heterocycles. The van der Waals surface area contributed by atoms with Gasteiger partial charge in [0, 0.05) is 32.3 Å². The van der Waals surface area contributed by atoms with Gasteiger partial charge in [0.2, 0.25) is 0 Å². The number of aldehydes is 1. The van der Waals surface area contributed by atoms with E-state index >= 15 is 0 Å². The highest BCUT2D eigenvalue weighted by Crippen LogP contribution is 2.46. The normalized spacial score (nSPS) is 36.2. The van der Waals surface area contributed by atoms with Gasteiger partial charge in [-0.05, 0) is 50.2 Å². The molecule has 0 bridgehead atoms. The van der Waals surface area contributed by atoms with Crippen molar-refractivity contribution in [3.63, 3.8) is 0 Å². The Morgan fingerprint density at radius 1 is 1.03 bits per heavy atom. The van der Waals surface area contributed by atoms with E-state index in [1.54, 1.807) is 31.4 Å². The Bertz CT molecular complexity index is 1060. The zero-order valence-corrected chi connectivity index (χ0v) is 25.0. The Labute approximate surface area is 234 Å². The maximum atomic E-state index is 13.6. The Morgan fingerprint density at radius 3 is 2.36 bits per heavy atom. The molecule has 0 spiro atoms. The summed E-state index contributed by atoms with van der Waals surface area (Å²) in [4.78, 5) is 11.3. The minimum atomic E-state index is -3.59. The summed E-state index contributed by atoms with van der Waals surface area (Å²) in [6.45, 7) is 10.9. The SMILES string of the molecule is CO[C@@H]1C(CS(=O)(=O)c2ccccc2)[C@H](CC2O[C@@H](CCC=O)C[C@@H](C)C2(C)C)O[C@@H]1CC1COC(C)(C)O1. The minimum absolute atomic E-state index is 0.00332. The molecule has 0 N–H and O–H groups in total. The maximum Gasteiger partial charge on any atom is 0.178 e. The van der Waals surface area contributed by atoms with Gasteiger partial charge in [0.25, 0.3) is 0 Å². The van der Waals surface area contributed by atoms with Crippen LogP contribution in [-0.4, -0.2) is 76.6 Å². The molecule has 3 aliphatic heterocycles. The average Bonchev–Trinajstić information content (AvgIpc) is 3.38. The molecular formula is C30H46O8S. The molecule has 0 aromatic heterocycles. The number of hydrogen-bond donors (Lipinski definition) is 0. The van der Waals surface area contributed by atoms with Gasteiger partial charge in [0.1, 0.15) is 6.29 Å². The van der Waals surface area contributed by atoms with Crippen LogP contribution in [0.5, 0.6) is 0 Å². The first kappa shape index (κ1) is 30.6. The molecule has 3 aliphatic rings. The summed E-state index contributed by atoms with van der Waals surface area (Å²) in [6, 6.07) is 8.56. The summed E-state index contributed by atoms with van der Waals surface area (Å²) in [6.07, 6.45) is 2.64. The van der Waals surface area contributed by atoms with E-state index in [9.17, 15) is 13.2 Å². The second kappa shape index (κ2) is 12.2. The fraction of sp³-hybridized carbons (Fsp3) is 0.767. The van der Waals surface area contributed by atoms with Crippen molar-refractivity contribution in [2.45, 2.75) is 114 Å². The van der Waals surface area contributed by atoms with Crippen molar-refractivity contribution < 1.29 is 36.9 Å². The third kappa shape index (κ3) is 7.11. The quantitative estimate of drug-likeness (QED) is 0.359. The lowest BCUT2D eigenvalue weighted by atomic mass is 9.68. The lowest BCUT2D eigenvalue weighted by Crippen LogP contribution is -2.48. The van der Waals surface area contributed by atoms with Crippen molar-refractivity contribution in [2.75, 3.05) is 19.5 Å². The Kier molecular flexibility index (Phi) is 9.61. The number of carbonyl (C=O) groups excluding carboxylic acids is 1. The standard InChI is InChI=1S/C30H46O8S/c1-20-15-21(11-10-14-31)36-27(29(20,2)3)17-25-24(19-39(32,33)23-12-8-7-9-13-23)28(34-6)26(37-25)16-22-18-35-30(4,5)38-22/h7-9,12-14,20-22,24-28H,10-11,15-19H2,1-6H3/t20-,21+,22?,24?,25+,26-,27?,28-/m1/s1. The molecule has 3 heterocycles. The molecule has 0 amide bonds. The van der Waals surface area contributed by atoms with Gasteiger partial charge in [-0.15, -0.1) is 0 Å². The first-order valence-electron chi connectivity index (χ1n) is 14.2. The number of ether oxygens (including phenoxy) is 5. The van der Waals surface area contributed by atoms with Gasteiger partial charge in [0.05, 0.1) is 53.9 Å². The van der Waals surface area contributed by atoms with Crippen molar-refractivity contribution in [3.8, 4) is 0 Å². The zero-order valence-electron chi connectivity index (χ0n) is 24.2. The average molecular weight is 567 g/mol. The van der Waals surface area contributed by atoms with E-state index in [1.165, 1.54) is 0 Å². The Balaban J connectivity index is 1.59. The Morgan fingerprint density at radius 2 is 1.74 bits per heavy atom. The second-order valence-electron chi connectivity index (χ2n) is 12.5. The summed E-state index contributed by atoms with van der Waals surface area (Å²) in [7, 11) is -1.96. The minimum Gasteiger partial charge on any atom is -0.378 e. The first-order valence-corrected chi connectivity index (χ1v) is 15.9. The van der Waals surface area contributed by atoms with Crippen LogP contribution in [0.2, 0.25) is 0 Å². The van der Waals surface area contributed by atoms with Gasteiger partial charge in [-0.25, -0.2) is 8.42 Å². The van der Waals surface area contributed by atoms with Crippen LogP contribution in [0.15, 0.2) is 35.2 Å². The molecule has 220 valence electrons. The van der Waals surface area contributed by atoms with E-state index in [1.807, 2.05) is 19.9 Å². The number of hydrogen-bond acceptors (Lipinski definition) is 8. The molecule has 3 unspecified atom stereocenters. The molecule has 8 nitrogen and oxygen atoms in total. The van der Waals surface area contributed by atoms with Crippen molar-refractivity contribution in [1.29, 1.82) is 0 Å². The number of benzene rings is 1. The lowest BCUT2D eigenvalue weighted by molar-refractivity contribution is -0.164. The smallest absolute Gasteiger partial charge is 0.178 e. The van der Waals surface area contributed by atoms with Gasteiger partial charge < -0.3 is 28.5 Å². The van der Waals surface area contributed by atoms with Crippen LogP contribution in [0, 0.1) is 17.3 Å². The van der Waals surface area contributed by atoms with Crippen molar-refractivity contribution >= 4 is 16.1 Å². The van der Waals surface area contributed by atoms with Gasteiger partial charge in [-0.2, -0.15) is 0 Å². The van der Waals surface area contributed by atoms with Crippen molar-refractivity contribution in [2.24, 2.45) is 17.3 Å². The molecule has 9 heteroatoms. The van der Waals surface area contributed by atoms with Crippen LogP contribution >= 0.6 is 0 Å². The van der Waals surface area contributed by atoms with Crippen LogP contribution in [0.1, 0.15) is 66.7 Å². The van der Waals surface area contributed by atoms with E-state index in [2.05, 4.69) is 20.8 Å². The lowest BCUT2D eigenvalue weighted by Gasteiger charge is -2.48.